The number of nitro groups is 1. The number of para-hydroxylation sites is 1. The van der Waals surface area contributed by atoms with Gasteiger partial charge >= 0.3 is 6.18 Å². The number of hydrogen-bond acceptors (Lipinski definition) is 6. The van der Waals surface area contributed by atoms with Gasteiger partial charge in [-0.2, -0.15) is 13.2 Å². The van der Waals surface area contributed by atoms with E-state index in [0.29, 0.717) is 12.1 Å². The minimum atomic E-state index is -4.73. The summed E-state index contributed by atoms with van der Waals surface area (Å²) in [6, 6.07) is 8.64. The number of rotatable bonds is 7. The molecule has 0 aromatic heterocycles. The van der Waals surface area contributed by atoms with Crippen LogP contribution in [-0.4, -0.2) is 25.0 Å². The molecule has 2 rings (SSSR count). The number of sulfonamides is 1. The maximum atomic E-state index is 12.7. The van der Waals surface area contributed by atoms with Gasteiger partial charge in [0.2, 0.25) is 5.91 Å². The van der Waals surface area contributed by atoms with Crippen LogP contribution < -0.4 is 10.3 Å². The van der Waals surface area contributed by atoms with Gasteiger partial charge in [-0.15, -0.1) is 16.6 Å². The minimum absolute atomic E-state index is 0.198. The molecule has 0 aliphatic carbocycles. The van der Waals surface area contributed by atoms with E-state index in [9.17, 15) is 36.5 Å². The number of alkyl halides is 3. The molecule has 0 unspecified atom stereocenters. The van der Waals surface area contributed by atoms with Crippen molar-refractivity contribution in [2.24, 2.45) is 0 Å². The Balaban J connectivity index is 2.00. The molecule has 0 aliphatic rings. The van der Waals surface area contributed by atoms with Gasteiger partial charge in [-0.3, -0.25) is 20.3 Å². The van der Waals surface area contributed by atoms with E-state index in [1.807, 2.05) is 5.43 Å². The monoisotopic (exact) mass is 435 g/mol. The molecule has 2 N–H and O–H groups in total. The number of benzene rings is 2. The molecule has 0 saturated carbocycles. The maximum absolute atomic E-state index is 12.7. The highest BCUT2D eigenvalue weighted by Gasteiger charge is 2.31. The molecule has 0 bridgehead atoms. The molecule has 0 fully saturated rings. The van der Waals surface area contributed by atoms with Gasteiger partial charge in [0, 0.05) is 6.07 Å². The molecule has 2 aromatic rings. The van der Waals surface area contributed by atoms with Crippen molar-refractivity contribution in [3.8, 4) is 0 Å². The van der Waals surface area contributed by atoms with E-state index in [1.54, 1.807) is 4.83 Å². The average Bonchev–Trinajstić information content (AvgIpc) is 2.64. The number of halogens is 3. The molecule has 2 aromatic carbocycles. The van der Waals surface area contributed by atoms with Crippen LogP contribution in [0.2, 0.25) is 0 Å². The summed E-state index contributed by atoms with van der Waals surface area (Å²) in [6.07, 6.45) is -4.73. The average molecular weight is 435 g/mol. The number of carbonyl (C=O) groups excluding carboxylic acids is 1. The van der Waals surface area contributed by atoms with Crippen LogP contribution in [0.4, 0.5) is 18.9 Å². The molecule has 150 valence electrons. The summed E-state index contributed by atoms with van der Waals surface area (Å²) in [5, 5.41) is 10.9. The van der Waals surface area contributed by atoms with Gasteiger partial charge in [0.1, 0.15) is 0 Å². The number of hydrogen-bond donors (Lipinski definition) is 2. The second kappa shape index (κ2) is 8.58. The largest absolute Gasteiger partial charge is 0.416 e. The van der Waals surface area contributed by atoms with Gasteiger partial charge in [-0.25, -0.2) is 8.42 Å². The van der Waals surface area contributed by atoms with Crippen LogP contribution in [0.25, 0.3) is 0 Å². The third kappa shape index (κ3) is 5.68. The van der Waals surface area contributed by atoms with Crippen LogP contribution in [0.3, 0.4) is 0 Å². The first-order valence-corrected chi connectivity index (χ1v) is 9.82. The van der Waals surface area contributed by atoms with Crippen LogP contribution in [0.1, 0.15) is 5.56 Å². The summed E-state index contributed by atoms with van der Waals surface area (Å²) < 4.78 is 62.1. The number of hydrazine groups is 1. The van der Waals surface area contributed by atoms with E-state index < -0.39 is 37.5 Å². The zero-order valence-electron chi connectivity index (χ0n) is 13.8. The number of carbonyl (C=O) groups is 1. The number of nitrogens with zero attached hydrogens (tertiary/aromatic N) is 1. The first-order valence-electron chi connectivity index (χ1n) is 7.35. The molecule has 8 nitrogen and oxygen atoms in total. The third-order valence-corrected chi connectivity index (χ3v) is 5.53. The summed E-state index contributed by atoms with van der Waals surface area (Å²) >= 11 is 0.798. The molecular weight excluding hydrogens is 423 g/mol. The highest BCUT2D eigenvalue weighted by atomic mass is 32.2. The van der Waals surface area contributed by atoms with Crippen molar-refractivity contribution in [2.45, 2.75) is 16.0 Å². The van der Waals surface area contributed by atoms with Gasteiger partial charge in [0.25, 0.3) is 15.7 Å². The second-order valence-corrected chi connectivity index (χ2v) is 7.89. The van der Waals surface area contributed by atoms with E-state index in [0.717, 1.165) is 23.9 Å². The summed E-state index contributed by atoms with van der Waals surface area (Å²) in [5.41, 5.74) is 0.473. The van der Waals surface area contributed by atoms with Crippen molar-refractivity contribution in [1.82, 2.24) is 10.3 Å². The maximum Gasteiger partial charge on any atom is 0.416 e. The zero-order chi connectivity index (χ0) is 20.9. The molecule has 0 spiro atoms. The summed E-state index contributed by atoms with van der Waals surface area (Å²) in [4.78, 5) is 23.3. The molecule has 1 amide bonds. The van der Waals surface area contributed by atoms with E-state index >= 15 is 0 Å². The predicted molar refractivity (Wildman–Crippen MR) is 93.7 cm³/mol. The van der Waals surface area contributed by atoms with E-state index in [4.69, 9.17) is 0 Å². The molecule has 28 heavy (non-hydrogen) atoms. The van der Waals surface area contributed by atoms with Gasteiger partial charge in [0.05, 0.1) is 26.0 Å². The van der Waals surface area contributed by atoms with Crippen molar-refractivity contribution in [2.75, 3.05) is 5.75 Å². The molecule has 0 radical (unpaired) electrons. The van der Waals surface area contributed by atoms with Gasteiger partial charge in [-0.1, -0.05) is 18.2 Å². The topological polar surface area (TPSA) is 118 Å². The Morgan fingerprint density at radius 1 is 1.14 bits per heavy atom. The van der Waals surface area contributed by atoms with Crippen molar-refractivity contribution in [1.29, 1.82) is 0 Å². The predicted octanol–water partition coefficient (Wildman–Crippen LogP) is 2.72. The summed E-state index contributed by atoms with van der Waals surface area (Å²) in [5.74, 6) is -1.21. The third-order valence-electron chi connectivity index (χ3n) is 3.22. The first kappa shape index (κ1) is 21.7. The lowest BCUT2D eigenvalue weighted by Gasteiger charge is -2.11. The Kier molecular flexibility index (Phi) is 6.64. The fourth-order valence-electron chi connectivity index (χ4n) is 1.93. The van der Waals surface area contributed by atoms with Gasteiger partial charge < -0.3 is 0 Å². The lowest BCUT2D eigenvalue weighted by Crippen LogP contribution is -2.42. The van der Waals surface area contributed by atoms with Crippen LogP contribution >= 0.6 is 11.8 Å². The van der Waals surface area contributed by atoms with Crippen molar-refractivity contribution >= 4 is 33.4 Å². The number of thioether (sulfide) groups is 1. The molecule has 0 atom stereocenters. The Morgan fingerprint density at radius 3 is 2.46 bits per heavy atom. The summed E-state index contributed by atoms with van der Waals surface area (Å²) in [6.45, 7) is 0. The van der Waals surface area contributed by atoms with Crippen molar-refractivity contribution < 1.29 is 31.3 Å². The Bertz CT molecular complexity index is 996. The summed E-state index contributed by atoms with van der Waals surface area (Å²) in [7, 11) is -4.44. The SMILES string of the molecule is O=C(CSc1ccccc1[N+](=O)[O-])NNS(=O)(=O)c1cccc(C(F)(F)F)c1. The first-order chi connectivity index (χ1) is 13.0. The number of nitrogens with one attached hydrogen (secondary N) is 2. The lowest BCUT2D eigenvalue weighted by molar-refractivity contribution is -0.387. The number of nitro benzene ring substituents is 1. The highest BCUT2D eigenvalue weighted by Crippen LogP contribution is 2.30. The van der Waals surface area contributed by atoms with Crippen molar-refractivity contribution in [3.63, 3.8) is 0 Å². The molecule has 0 saturated heterocycles. The van der Waals surface area contributed by atoms with Crippen LogP contribution in [0.5, 0.6) is 0 Å². The van der Waals surface area contributed by atoms with E-state index in [-0.39, 0.29) is 16.3 Å². The van der Waals surface area contributed by atoms with Gasteiger partial charge in [0.15, 0.2) is 0 Å². The second-order valence-electron chi connectivity index (χ2n) is 5.19. The minimum Gasteiger partial charge on any atom is -0.277 e. The van der Waals surface area contributed by atoms with E-state index in [1.165, 1.54) is 24.3 Å². The molecule has 0 heterocycles. The Morgan fingerprint density at radius 2 is 1.82 bits per heavy atom. The Hall–Kier alpha value is -2.64. The fourth-order valence-corrected chi connectivity index (χ4v) is 3.66. The smallest absolute Gasteiger partial charge is 0.277 e. The molecular formula is C15H12F3N3O5S2. The van der Waals surface area contributed by atoms with Crippen molar-refractivity contribution in [3.05, 3.63) is 64.2 Å². The normalized spacial score (nSPS) is 11.8. The quantitative estimate of drug-likeness (QED) is 0.392. The van der Waals surface area contributed by atoms with Gasteiger partial charge in [-0.05, 0) is 24.3 Å². The van der Waals surface area contributed by atoms with Crippen LogP contribution in [0.15, 0.2) is 58.3 Å². The molecule has 13 heteroatoms. The van der Waals surface area contributed by atoms with E-state index in [2.05, 4.69) is 0 Å². The van der Waals surface area contributed by atoms with Crippen LogP contribution in [0, 0.1) is 10.1 Å². The Labute approximate surface area is 161 Å². The number of amides is 1. The lowest BCUT2D eigenvalue weighted by atomic mass is 10.2. The standard InChI is InChI=1S/C15H12F3N3O5S2/c16-15(17,18)10-4-3-5-11(8-10)28(25,26)20-19-14(22)9-27-13-7-2-1-6-12(13)21(23)24/h1-8,20H,9H2,(H,19,22). The highest BCUT2D eigenvalue weighted by molar-refractivity contribution is 8.00. The molecule has 0 aliphatic heterocycles. The zero-order valence-corrected chi connectivity index (χ0v) is 15.4. The fraction of sp³-hybridized carbons (Fsp3) is 0.133. The van der Waals surface area contributed by atoms with Crippen LogP contribution in [-0.2, 0) is 21.0 Å².